The minimum Gasteiger partial charge on any atom is -0.0840 e. The first kappa shape index (κ1) is 14.9. The topological polar surface area (TPSA) is 0 Å². The summed E-state index contributed by atoms with van der Waals surface area (Å²) in [5.41, 5.74) is 3.79. The molecule has 0 N–H and O–H groups in total. The minimum atomic E-state index is 0.837. The molecule has 0 saturated carbocycles. The van der Waals surface area contributed by atoms with Crippen molar-refractivity contribution >= 4 is 11.6 Å². The zero-order valence-corrected chi connectivity index (χ0v) is 13.1. The predicted octanol–water partition coefficient (Wildman–Crippen LogP) is 5.75. The Morgan fingerprint density at radius 1 is 0.636 bits per heavy atom. The van der Waals surface area contributed by atoms with Gasteiger partial charge in [0, 0.05) is 10.9 Å². The van der Waals surface area contributed by atoms with Crippen LogP contribution in [0, 0.1) is 5.92 Å². The van der Waals surface area contributed by atoms with E-state index >= 15 is 0 Å². The molecule has 0 heterocycles. The summed E-state index contributed by atoms with van der Waals surface area (Å²) in [7, 11) is 0. The lowest BCUT2D eigenvalue weighted by Gasteiger charge is -2.18. The van der Waals surface area contributed by atoms with Crippen LogP contribution in [0.5, 0.6) is 0 Å². The van der Waals surface area contributed by atoms with E-state index in [2.05, 4.69) is 66.7 Å². The molecule has 0 aliphatic rings. The van der Waals surface area contributed by atoms with E-state index in [1.807, 2.05) is 18.2 Å². The Bertz CT molecular complexity index is 704. The molecule has 0 amide bonds. The molecular weight excluding hydrogens is 288 g/mol. The fourth-order valence-electron chi connectivity index (χ4n) is 2.65. The summed E-state index contributed by atoms with van der Waals surface area (Å²) < 4.78 is 0. The highest BCUT2D eigenvalue weighted by Gasteiger charge is 2.15. The molecule has 0 unspecified atom stereocenters. The van der Waals surface area contributed by atoms with Crippen molar-refractivity contribution in [3.63, 3.8) is 0 Å². The average molecular weight is 306 g/mol. The fourth-order valence-corrected chi connectivity index (χ4v) is 2.86. The minimum absolute atomic E-state index is 0.837. The largest absolute Gasteiger partial charge is 0.0840 e. The maximum absolute atomic E-state index is 6.35. The molecule has 0 aliphatic carbocycles. The molecular formula is C21H18Cl. The van der Waals surface area contributed by atoms with Crippen molar-refractivity contribution < 1.29 is 0 Å². The molecule has 0 aromatic heterocycles. The molecule has 1 heteroatoms. The number of benzene rings is 3. The lowest BCUT2D eigenvalue weighted by atomic mass is 9.87. The third-order valence-electron chi connectivity index (χ3n) is 3.80. The number of rotatable bonds is 5. The first-order valence-corrected chi connectivity index (χ1v) is 7.88. The van der Waals surface area contributed by atoms with Crippen LogP contribution in [0.1, 0.15) is 16.7 Å². The third kappa shape index (κ3) is 3.78. The van der Waals surface area contributed by atoms with Crippen molar-refractivity contribution in [1.82, 2.24) is 0 Å². The molecule has 3 aromatic rings. The number of halogens is 1. The fraction of sp³-hybridized carbons (Fsp3) is 0.0952. The molecule has 3 aromatic carbocycles. The monoisotopic (exact) mass is 305 g/mol. The van der Waals surface area contributed by atoms with E-state index in [1.165, 1.54) is 22.6 Å². The van der Waals surface area contributed by atoms with Crippen LogP contribution in [0.4, 0.5) is 0 Å². The molecule has 1 radical (unpaired) electrons. The molecule has 3 rings (SSSR count). The zero-order chi connectivity index (χ0) is 15.2. The number of hydrogen-bond acceptors (Lipinski definition) is 0. The molecule has 22 heavy (non-hydrogen) atoms. The molecule has 0 spiro atoms. The summed E-state index contributed by atoms with van der Waals surface area (Å²) in [6, 6.07) is 29.3. The van der Waals surface area contributed by atoms with Gasteiger partial charge in [-0.1, -0.05) is 90.5 Å². The van der Waals surface area contributed by atoms with Gasteiger partial charge >= 0.3 is 0 Å². The van der Waals surface area contributed by atoms with Crippen molar-refractivity contribution in [3.8, 4) is 0 Å². The average Bonchev–Trinajstić information content (AvgIpc) is 2.58. The highest BCUT2D eigenvalue weighted by atomic mass is 35.5. The molecule has 0 atom stereocenters. The Labute approximate surface area is 137 Å². The van der Waals surface area contributed by atoms with Crippen LogP contribution in [0.2, 0.25) is 5.02 Å². The molecule has 109 valence electrons. The van der Waals surface area contributed by atoms with E-state index in [9.17, 15) is 0 Å². The van der Waals surface area contributed by atoms with Crippen LogP contribution in [0.25, 0.3) is 0 Å². The van der Waals surface area contributed by atoms with Crippen molar-refractivity contribution in [1.29, 1.82) is 0 Å². The van der Waals surface area contributed by atoms with Gasteiger partial charge in [-0.25, -0.2) is 0 Å². The summed E-state index contributed by atoms with van der Waals surface area (Å²) in [6.07, 6.45) is 1.81. The summed E-state index contributed by atoms with van der Waals surface area (Å²) >= 11 is 6.35. The Morgan fingerprint density at radius 3 is 1.91 bits per heavy atom. The van der Waals surface area contributed by atoms with Gasteiger partial charge in [0.25, 0.3) is 0 Å². The second-order valence-corrected chi connectivity index (χ2v) is 5.81. The normalized spacial score (nSPS) is 10.8. The highest BCUT2D eigenvalue weighted by molar-refractivity contribution is 6.31. The van der Waals surface area contributed by atoms with E-state index in [4.69, 9.17) is 11.6 Å². The number of hydrogen-bond donors (Lipinski definition) is 0. The molecule has 0 aliphatic heterocycles. The van der Waals surface area contributed by atoms with Crippen LogP contribution in [0.15, 0.2) is 84.9 Å². The Hall–Kier alpha value is -2.05. The smallest absolute Gasteiger partial charge is 0.0438 e. The second kappa shape index (κ2) is 7.29. The summed E-state index contributed by atoms with van der Waals surface area (Å²) in [6.45, 7) is 0. The van der Waals surface area contributed by atoms with Crippen LogP contribution >= 0.6 is 11.6 Å². The lowest BCUT2D eigenvalue weighted by molar-refractivity contribution is 0.898. The van der Waals surface area contributed by atoms with Gasteiger partial charge in [-0.15, -0.1) is 0 Å². The predicted molar refractivity (Wildman–Crippen MR) is 94.1 cm³/mol. The van der Waals surface area contributed by atoms with Crippen LogP contribution < -0.4 is 0 Å². The van der Waals surface area contributed by atoms with E-state index < -0.39 is 0 Å². The van der Waals surface area contributed by atoms with Crippen LogP contribution in [0.3, 0.4) is 0 Å². The Kier molecular flexibility index (Phi) is 4.92. The maximum atomic E-state index is 6.35. The van der Waals surface area contributed by atoms with E-state index in [0.29, 0.717) is 0 Å². The van der Waals surface area contributed by atoms with Gasteiger partial charge in [-0.3, -0.25) is 0 Å². The van der Waals surface area contributed by atoms with Gasteiger partial charge in [-0.2, -0.15) is 0 Å². The van der Waals surface area contributed by atoms with Gasteiger partial charge in [0.05, 0.1) is 0 Å². The van der Waals surface area contributed by atoms with E-state index in [1.54, 1.807) is 0 Å². The maximum Gasteiger partial charge on any atom is 0.0438 e. The Balaban J connectivity index is 1.88. The van der Waals surface area contributed by atoms with Gasteiger partial charge in [0.15, 0.2) is 0 Å². The lowest BCUT2D eigenvalue weighted by Crippen LogP contribution is -2.08. The first-order chi connectivity index (χ1) is 10.8. The van der Waals surface area contributed by atoms with Crippen molar-refractivity contribution in [2.24, 2.45) is 0 Å². The standard InChI is InChI=1S/C21H18Cl/c22-21-14-8-7-13-19(21)16-20(18-11-5-2-6-12-18)15-17-9-3-1-4-10-17/h1-14H,15-16H2. The summed E-state index contributed by atoms with van der Waals surface area (Å²) in [4.78, 5) is 0. The summed E-state index contributed by atoms with van der Waals surface area (Å²) in [5.74, 6) is 1.39. The first-order valence-electron chi connectivity index (χ1n) is 7.50. The molecule has 0 saturated heterocycles. The SMILES string of the molecule is Clc1ccccc1C[C](Cc1ccccc1)c1ccccc1. The summed E-state index contributed by atoms with van der Waals surface area (Å²) in [5, 5.41) is 0.837. The molecule has 0 fully saturated rings. The van der Waals surface area contributed by atoms with Crippen molar-refractivity contribution in [2.75, 3.05) is 0 Å². The Morgan fingerprint density at radius 2 is 1.23 bits per heavy atom. The third-order valence-corrected chi connectivity index (χ3v) is 4.17. The van der Waals surface area contributed by atoms with Gasteiger partial charge in [0.1, 0.15) is 0 Å². The zero-order valence-electron chi connectivity index (χ0n) is 12.4. The van der Waals surface area contributed by atoms with Crippen molar-refractivity contribution in [2.45, 2.75) is 12.8 Å². The van der Waals surface area contributed by atoms with Crippen LogP contribution in [-0.4, -0.2) is 0 Å². The molecule has 0 nitrogen and oxygen atoms in total. The van der Waals surface area contributed by atoms with Gasteiger partial charge in [0.2, 0.25) is 0 Å². The van der Waals surface area contributed by atoms with Crippen molar-refractivity contribution in [3.05, 3.63) is 113 Å². The van der Waals surface area contributed by atoms with E-state index in [0.717, 1.165) is 17.9 Å². The highest BCUT2D eigenvalue weighted by Crippen LogP contribution is 2.27. The van der Waals surface area contributed by atoms with Crippen LogP contribution in [-0.2, 0) is 12.8 Å². The van der Waals surface area contributed by atoms with E-state index in [-0.39, 0.29) is 0 Å². The molecule has 0 bridgehead atoms. The van der Waals surface area contributed by atoms with Gasteiger partial charge < -0.3 is 0 Å². The second-order valence-electron chi connectivity index (χ2n) is 5.40. The van der Waals surface area contributed by atoms with Gasteiger partial charge in [-0.05, 0) is 35.6 Å². The quantitative estimate of drug-likeness (QED) is 0.563.